The largest absolute Gasteiger partial charge is 0.192 e. The van der Waals surface area contributed by atoms with Gasteiger partial charge in [0.25, 0.3) is 0 Å². The van der Waals surface area contributed by atoms with Crippen molar-refractivity contribution in [3.05, 3.63) is 35.4 Å². The van der Waals surface area contributed by atoms with Crippen LogP contribution < -0.4 is 0 Å². The minimum Gasteiger partial charge on any atom is -0.192 e. The lowest BCUT2D eigenvalue weighted by atomic mass is 9.80. The van der Waals surface area contributed by atoms with Crippen molar-refractivity contribution in [3.63, 3.8) is 0 Å². The highest BCUT2D eigenvalue weighted by Gasteiger charge is 2.18. The summed E-state index contributed by atoms with van der Waals surface area (Å²) in [5, 5.41) is 8.73. The van der Waals surface area contributed by atoms with Crippen LogP contribution >= 0.6 is 0 Å². The zero-order valence-electron chi connectivity index (χ0n) is 9.95. The predicted molar refractivity (Wildman–Crippen MR) is 66.0 cm³/mol. The molecule has 0 amide bonds. The molecule has 0 heterocycles. The summed E-state index contributed by atoms with van der Waals surface area (Å²) in [6.45, 7) is 2.36. The fraction of sp³-hybridized carbons (Fsp3) is 0.533. The summed E-state index contributed by atoms with van der Waals surface area (Å²) < 4.78 is 0. The lowest BCUT2D eigenvalue weighted by molar-refractivity contribution is 0.289. The second-order valence-corrected chi connectivity index (χ2v) is 5.14. The number of hydrogen-bond acceptors (Lipinski definition) is 1. The van der Waals surface area contributed by atoms with Gasteiger partial charge in [0.05, 0.1) is 11.6 Å². The van der Waals surface area contributed by atoms with E-state index in [0.29, 0.717) is 0 Å². The van der Waals surface area contributed by atoms with Crippen molar-refractivity contribution in [2.75, 3.05) is 0 Å². The molecule has 1 aromatic carbocycles. The molecule has 1 aliphatic rings. The Bertz CT molecular complexity index is 363. The number of rotatable bonds is 2. The molecule has 0 atom stereocenters. The Labute approximate surface area is 98.1 Å². The van der Waals surface area contributed by atoms with E-state index in [9.17, 15) is 0 Å². The molecular weight excluding hydrogens is 194 g/mol. The fourth-order valence-electron chi connectivity index (χ4n) is 2.58. The third kappa shape index (κ3) is 2.85. The molecule has 1 aliphatic carbocycles. The molecule has 0 aromatic heterocycles. The predicted octanol–water partition coefficient (Wildman–Crippen LogP) is 3.93. The van der Waals surface area contributed by atoms with Crippen LogP contribution in [0.25, 0.3) is 0 Å². The first-order valence-electron chi connectivity index (χ1n) is 6.27. The van der Waals surface area contributed by atoms with Crippen LogP contribution in [0.1, 0.15) is 43.7 Å². The van der Waals surface area contributed by atoms with Crippen molar-refractivity contribution in [3.8, 4) is 6.07 Å². The van der Waals surface area contributed by atoms with E-state index in [0.717, 1.165) is 17.4 Å². The summed E-state index contributed by atoms with van der Waals surface area (Å²) in [6, 6.07) is 10.2. The number of nitriles is 1. The summed E-state index contributed by atoms with van der Waals surface area (Å²) in [5.41, 5.74) is 2.15. The quantitative estimate of drug-likeness (QED) is 0.730. The maximum atomic E-state index is 8.73. The Morgan fingerprint density at radius 2 is 1.75 bits per heavy atom. The van der Waals surface area contributed by atoms with Gasteiger partial charge in [0, 0.05) is 0 Å². The topological polar surface area (TPSA) is 23.8 Å². The van der Waals surface area contributed by atoms with Crippen LogP contribution in [0.2, 0.25) is 0 Å². The fourth-order valence-corrected chi connectivity index (χ4v) is 2.58. The van der Waals surface area contributed by atoms with Crippen molar-refractivity contribution in [1.82, 2.24) is 0 Å². The van der Waals surface area contributed by atoms with Crippen molar-refractivity contribution < 1.29 is 0 Å². The Balaban J connectivity index is 1.91. The van der Waals surface area contributed by atoms with Gasteiger partial charge < -0.3 is 0 Å². The van der Waals surface area contributed by atoms with Crippen LogP contribution in [0.15, 0.2) is 24.3 Å². The summed E-state index contributed by atoms with van der Waals surface area (Å²) >= 11 is 0. The van der Waals surface area contributed by atoms with Gasteiger partial charge in [-0.2, -0.15) is 5.26 Å². The number of hydrogen-bond donors (Lipinski definition) is 0. The van der Waals surface area contributed by atoms with Gasteiger partial charge in [0.2, 0.25) is 0 Å². The van der Waals surface area contributed by atoms with Crippen LogP contribution in [-0.4, -0.2) is 0 Å². The van der Waals surface area contributed by atoms with Crippen molar-refractivity contribution >= 4 is 0 Å². The van der Waals surface area contributed by atoms with Crippen LogP contribution in [0.3, 0.4) is 0 Å². The lowest BCUT2D eigenvalue weighted by Crippen LogP contribution is -2.14. The summed E-state index contributed by atoms with van der Waals surface area (Å²) in [4.78, 5) is 0. The minimum absolute atomic E-state index is 0.765. The molecule has 1 fully saturated rings. The normalized spacial score (nSPS) is 25.0. The molecule has 0 N–H and O–H groups in total. The molecule has 16 heavy (non-hydrogen) atoms. The number of nitrogens with zero attached hydrogens (tertiary/aromatic N) is 1. The Hall–Kier alpha value is -1.29. The van der Waals surface area contributed by atoms with Crippen LogP contribution in [0.5, 0.6) is 0 Å². The van der Waals surface area contributed by atoms with E-state index in [2.05, 4.69) is 25.1 Å². The Morgan fingerprint density at radius 3 is 2.31 bits per heavy atom. The van der Waals surface area contributed by atoms with Gasteiger partial charge in [-0.05, 0) is 48.8 Å². The van der Waals surface area contributed by atoms with Crippen molar-refractivity contribution in [2.45, 2.75) is 39.0 Å². The zero-order chi connectivity index (χ0) is 11.4. The molecule has 0 unspecified atom stereocenters. The smallest absolute Gasteiger partial charge is 0.0991 e. The molecular formula is C15H19N. The van der Waals surface area contributed by atoms with Gasteiger partial charge >= 0.3 is 0 Å². The number of benzene rings is 1. The van der Waals surface area contributed by atoms with Gasteiger partial charge in [-0.25, -0.2) is 0 Å². The maximum absolute atomic E-state index is 8.73. The first-order valence-corrected chi connectivity index (χ1v) is 6.27. The van der Waals surface area contributed by atoms with E-state index < -0.39 is 0 Å². The first-order chi connectivity index (χ1) is 7.78. The lowest BCUT2D eigenvalue weighted by Gasteiger charge is -2.26. The molecule has 1 aromatic rings. The molecule has 1 saturated carbocycles. The maximum Gasteiger partial charge on any atom is 0.0991 e. The SMILES string of the molecule is CC1CCC(Cc2ccc(C#N)cc2)CC1. The zero-order valence-corrected chi connectivity index (χ0v) is 9.95. The van der Waals surface area contributed by atoms with Crippen LogP contribution in [0, 0.1) is 23.2 Å². The van der Waals surface area contributed by atoms with E-state index in [1.165, 1.54) is 37.7 Å². The third-order valence-corrected chi connectivity index (χ3v) is 3.74. The molecule has 0 spiro atoms. The first kappa shape index (κ1) is 11.2. The highest BCUT2D eigenvalue weighted by atomic mass is 14.2. The Kier molecular flexibility index (Phi) is 3.62. The molecule has 0 aliphatic heterocycles. The molecule has 1 heteroatoms. The van der Waals surface area contributed by atoms with Crippen LogP contribution in [-0.2, 0) is 6.42 Å². The van der Waals surface area contributed by atoms with Crippen molar-refractivity contribution in [1.29, 1.82) is 5.26 Å². The summed E-state index contributed by atoms with van der Waals surface area (Å²) in [7, 11) is 0. The highest BCUT2D eigenvalue weighted by Crippen LogP contribution is 2.30. The molecule has 0 radical (unpaired) electrons. The van der Waals surface area contributed by atoms with Gasteiger partial charge in [-0.3, -0.25) is 0 Å². The second kappa shape index (κ2) is 5.16. The Morgan fingerprint density at radius 1 is 1.12 bits per heavy atom. The van der Waals surface area contributed by atoms with E-state index >= 15 is 0 Å². The van der Waals surface area contributed by atoms with Crippen LogP contribution in [0.4, 0.5) is 0 Å². The van der Waals surface area contributed by atoms with E-state index in [1.54, 1.807) is 0 Å². The van der Waals surface area contributed by atoms with Gasteiger partial charge in [0.1, 0.15) is 0 Å². The average molecular weight is 213 g/mol. The molecule has 1 nitrogen and oxygen atoms in total. The third-order valence-electron chi connectivity index (χ3n) is 3.74. The average Bonchev–Trinajstić information content (AvgIpc) is 2.33. The molecule has 84 valence electrons. The second-order valence-electron chi connectivity index (χ2n) is 5.14. The summed E-state index contributed by atoms with van der Waals surface area (Å²) in [6.07, 6.45) is 6.72. The van der Waals surface area contributed by atoms with Gasteiger partial charge in [0.15, 0.2) is 0 Å². The van der Waals surface area contributed by atoms with E-state index in [4.69, 9.17) is 5.26 Å². The minimum atomic E-state index is 0.765. The van der Waals surface area contributed by atoms with Crippen molar-refractivity contribution in [2.24, 2.45) is 11.8 Å². The highest BCUT2D eigenvalue weighted by molar-refractivity contribution is 5.31. The molecule has 0 saturated heterocycles. The van der Waals surface area contributed by atoms with E-state index in [-0.39, 0.29) is 0 Å². The van der Waals surface area contributed by atoms with E-state index in [1.807, 2.05) is 12.1 Å². The van der Waals surface area contributed by atoms with Gasteiger partial charge in [-0.15, -0.1) is 0 Å². The molecule has 0 bridgehead atoms. The summed E-state index contributed by atoms with van der Waals surface area (Å²) in [5.74, 6) is 1.79. The monoisotopic (exact) mass is 213 g/mol. The standard InChI is InChI=1S/C15H19N/c1-12-2-4-13(5-3-12)10-14-6-8-15(11-16)9-7-14/h6-9,12-13H,2-5,10H2,1H3. The van der Waals surface area contributed by atoms with Gasteiger partial charge in [-0.1, -0.05) is 31.9 Å². The molecule has 2 rings (SSSR count).